The minimum absolute atomic E-state index is 0.113. The van der Waals surface area contributed by atoms with E-state index in [2.05, 4.69) is 62.4 Å². The normalized spacial score (nSPS) is 17.6. The summed E-state index contributed by atoms with van der Waals surface area (Å²) in [5.41, 5.74) is 10.8. The Morgan fingerprint density at radius 2 is 0.576 bits per heavy atom. The molecule has 0 bridgehead atoms. The molecule has 342 valence electrons. The highest BCUT2D eigenvalue weighted by molar-refractivity contribution is 5.90. The summed E-state index contributed by atoms with van der Waals surface area (Å²) in [6, 6.07) is 46.9. The third-order valence-electron chi connectivity index (χ3n) is 12.1. The maximum atomic E-state index is 12.3. The Hall–Kier alpha value is -6.80. The van der Waals surface area contributed by atoms with Crippen molar-refractivity contribution < 1.29 is 38.1 Å². The Labute approximate surface area is 390 Å². The molecule has 0 aromatic heterocycles. The molecule has 0 amide bonds. The van der Waals surface area contributed by atoms with E-state index in [0.717, 1.165) is 22.3 Å². The minimum Gasteiger partial charge on any atom is -0.459 e. The highest BCUT2D eigenvalue weighted by Crippen LogP contribution is 2.32. The lowest BCUT2D eigenvalue weighted by Crippen LogP contribution is -2.30. The molecule has 0 heterocycles. The van der Waals surface area contributed by atoms with Crippen molar-refractivity contribution in [2.24, 2.45) is 11.8 Å². The van der Waals surface area contributed by atoms with E-state index < -0.39 is 0 Å². The number of aryl methyl sites for hydroxylation is 6. The summed E-state index contributed by atoms with van der Waals surface area (Å²) in [6.45, 7) is 12.2. The molecule has 6 aromatic rings. The van der Waals surface area contributed by atoms with Gasteiger partial charge in [-0.15, -0.1) is 0 Å². The Balaban J connectivity index is 0.000000171. The third kappa shape index (κ3) is 15.2. The molecule has 0 saturated heterocycles. The second-order valence-electron chi connectivity index (χ2n) is 17.7. The summed E-state index contributed by atoms with van der Waals surface area (Å²) in [5.74, 6) is -0.156. The van der Waals surface area contributed by atoms with E-state index in [1.807, 2.05) is 76.2 Å². The van der Waals surface area contributed by atoms with Gasteiger partial charge in [-0.2, -0.15) is 0 Å². The molecule has 2 saturated carbocycles. The van der Waals surface area contributed by atoms with Crippen LogP contribution in [0.15, 0.2) is 146 Å². The maximum Gasteiger partial charge on any atom is 0.338 e. The van der Waals surface area contributed by atoms with E-state index in [9.17, 15) is 19.2 Å². The fourth-order valence-electron chi connectivity index (χ4n) is 7.75. The molecule has 2 aliphatic rings. The van der Waals surface area contributed by atoms with Crippen LogP contribution in [0.1, 0.15) is 105 Å². The van der Waals surface area contributed by atoms with Crippen molar-refractivity contribution in [3.8, 4) is 22.6 Å². The smallest absolute Gasteiger partial charge is 0.338 e. The van der Waals surface area contributed by atoms with Crippen molar-refractivity contribution in [2.45, 2.75) is 105 Å². The van der Waals surface area contributed by atoms with Gasteiger partial charge in [0.2, 0.25) is 0 Å². The fourth-order valence-corrected chi connectivity index (χ4v) is 7.75. The first-order valence-corrected chi connectivity index (χ1v) is 23.0. The van der Waals surface area contributed by atoms with Crippen molar-refractivity contribution in [1.29, 1.82) is 0 Å². The highest BCUT2D eigenvalue weighted by Gasteiger charge is 2.32. The van der Waals surface area contributed by atoms with Crippen LogP contribution in [0.2, 0.25) is 0 Å². The van der Waals surface area contributed by atoms with Gasteiger partial charge in [-0.25, -0.2) is 9.59 Å². The van der Waals surface area contributed by atoms with Crippen molar-refractivity contribution in [3.63, 3.8) is 0 Å². The molecule has 2 fully saturated rings. The molecule has 0 aliphatic heterocycles. The van der Waals surface area contributed by atoms with E-state index in [0.29, 0.717) is 74.0 Å². The van der Waals surface area contributed by atoms with Crippen molar-refractivity contribution >= 4 is 23.9 Å². The molecule has 0 N–H and O–H groups in total. The summed E-state index contributed by atoms with van der Waals surface area (Å²) in [5, 5.41) is 0. The molecule has 0 atom stereocenters. The molecule has 2 aliphatic carbocycles. The Bertz CT molecular complexity index is 2290. The van der Waals surface area contributed by atoms with Crippen LogP contribution < -0.4 is 9.47 Å². The predicted octanol–water partition coefficient (Wildman–Crippen LogP) is 13.2. The number of hydrogen-bond donors (Lipinski definition) is 0. The number of ether oxygens (including phenoxy) is 4. The Kier molecular flexibility index (Phi) is 17.6. The molecular weight excluding hydrogens is 825 g/mol. The SMILES string of the molecule is Cc1ccc(-c2ccc(C)cc2)cc1.Cc1ccc(C(=O)OC2CCC(OC(=O)c3ccc(C)cc3)CC2)cc1.Cc1ccc(OC(=O)C2CCC(C(=O)Oc3ccc(C)cc3)CC2)cc1. The van der Waals surface area contributed by atoms with E-state index in [1.54, 1.807) is 48.5 Å². The van der Waals surface area contributed by atoms with Gasteiger partial charge in [-0.3, -0.25) is 9.59 Å². The van der Waals surface area contributed by atoms with Gasteiger partial charge in [-0.05, 0) is 153 Å². The lowest BCUT2D eigenvalue weighted by molar-refractivity contribution is -0.145. The first-order valence-electron chi connectivity index (χ1n) is 23.0. The van der Waals surface area contributed by atoms with Crippen LogP contribution in [0.3, 0.4) is 0 Å². The fraction of sp³-hybridized carbons (Fsp3) is 0.310. The Morgan fingerprint density at radius 3 is 0.848 bits per heavy atom. The summed E-state index contributed by atoms with van der Waals surface area (Å²) in [7, 11) is 0. The highest BCUT2D eigenvalue weighted by atomic mass is 16.6. The number of carbonyl (C=O) groups excluding carboxylic acids is 4. The number of carbonyl (C=O) groups is 4. The molecule has 6 aromatic carbocycles. The standard InChI is InChI=1S/2C22H24O4.C14H14/c1-15-3-11-19(12-4-15)25-21(23)17-7-9-18(10-8-17)22(24)26-20-13-5-16(2)6-14-20;1-15-3-7-17(8-4-15)21(23)25-19-11-13-20(14-12-19)26-22(24)18-9-5-16(2)6-10-18;1-11-3-7-13(8-4-11)14-9-5-12(2)6-10-14/h3-6,11-14,17-18H,7-10H2,1-2H3;3-10,19-20H,11-14H2,1-2H3;3-10H,1-2H3. The molecular formula is C58H62O8. The predicted molar refractivity (Wildman–Crippen MR) is 260 cm³/mol. The van der Waals surface area contributed by atoms with E-state index in [-0.39, 0.29) is 47.9 Å². The van der Waals surface area contributed by atoms with Gasteiger partial charge in [-0.1, -0.05) is 130 Å². The quantitative estimate of drug-likeness (QED) is 0.104. The zero-order valence-corrected chi connectivity index (χ0v) is 39.1. The average molecular weight is 887 g/mol. The second kappa shape index (κ2) is 23.9. The summed E-state index contributed by atoms with van der Waals surface area (Å²) < 4.78 is 22.1. The van der Waals surface area contributed by atoms with Crippen LogP contribution >= 0.6 is 0 Å². The monoisotopic (exact) mass is 886 g/mol. The van der Waals surface area contributed by atoms with Crippen LogP contribution in [0.25, 0.3) is 11.1 Å². The van der Waals surface area contributed by atoms with Gasteiger partial charge in [0.1, 0.15) is 23.7 Å². The van der Waals surface area contributed by atoms with Crippen LogP contribution in [-0.2, 0) is 19.1 Å². The first kappa shape index (κ1) is 48.7. The van der Waals surface area contributed by atoms with Crippen LogP contribution in [-0.4, -0.2) is 36.1 Å². The van der Waals surface area contributed by atoms with Gasteiger partial charge in [0.25, 0.3) is 0 Å². The maximum absolute atomic E-state index is 12.3. The Morgan fingerprint density at radius 1 is 0.333 bits per heavy atom. The van der Waals surface area contributed by atoms with E-state index >= 15 is 0 Å². The second-order valence-corrected chi connectivity index (χ2v) is 17.7. The van der Waals surface area contributed by atoms with Crippen molar-refractivity contribution in [1.82, 2.24) is 0 Å². The van der Waals surface area contributed by atoms with Crippen LogP contribution in [0, 0.1) is 53.4 Å². The average Bonchev–Trinajstić information content (AvgIpc) is 3.32. The molecule has 0 spiro atoms. The third-order valence-corrected chi connectivity index (χ3v) is 12.1. The molecule has 8 heteroatoms. The van der Waals surface area contributed by atoms with E-state index in [4.69, 9.17) is 18.9 Å². The van der Waals surface area contributed by atoms with Crippen molar-refractivity contribution in [3.05, 3.63) is 190 Å². The first-order chi connectivity index (χ1) is 31.8. The lowest BCUT2D eigenvalue weighted by Gasteiger charge is -2.28. The number of esters is 4. The summed E-state index contributed by atoms with van der Waals surface area (Å²) >= 11 is 0. The van der Waals surface area contributed by atoms with Crippen LogP contribution in [0.4, 0.5) is 0 Å². The lowest BCUT2D eigenvalue weighted by atomic mass is 9.82. The summed E-state index contributed by atoms with van der Waals surface area (Å²) in [6.07, 6.45) is 5.23. The summed E-state index contributed by atoms with van der Waals surface area (Å²) in [4.78, 5) is 49.0. The molecule has 0 radical (unpaired) electrons. The van der Waals surface area contributed by atoms with Gasteiger partial charge < -0.3 is 18.9 Å². The zero-order valence-electron chi connectivity index (χ0n) is 39.1. The number of benzene rings is 6. The van der Waals surface area contributed by atoms with E-state index in [1.165, 1.54) is 22.3 Å². The van der Waals surface area contributed by atoms with Gasteiger partial charge >= 0.3 is 23.9 Å². The van der Waals surface area contributed by atoms with Crippen molar-refractivity contribution in [2.75, 3.05) is 0 Å². The minimum atomic E-state index is -0.287. The topological polar surface area (TPSA) is 105 Å². The largest absolute Gasteiger partial charge is 0.459 e. The van der Waals surface area contributed by atoms with Gasteiger partial charge in [0.15, 0.2) is 0 Å². The molecule has 66 heavy (non-hydrogen) atoms. The number of hydrogen-bond acceptors (Lipinski definition) is 8. The molecule has 8 nitrogen and oxygen atoms in total. The van der Waals surface area contributed by atoms with Gasteiger partial charge in [0, 0.05) is 0 Å². The van der Waals surface area contributed by atoms with Gasteiger partial charge in [0.05, 0.1) is 23.0 Å². The molecule has 8 rings (SSSR count). The van der Waals surface area contributed by atoms with Crippen LogP contribution in [0.5, 0.6) is 11.5 Å². The zero-order chi connectivity index (χ0) is 47.0. The number of rotatable bonds is 9. The molecule has 0 unspecified atom stereocenters.